The summed E-state index contributed by atoms with van der Waals surface area (Å²) in [4.78, 5) is 49.9. The molecule has 2 fully saturated rings. The zero-order valence-corrected chi connectivity index (χ0v) is 21.3. The summed E-state index contributed by atoms with van der Waals surface area (Å²) in [7, 11) is 0. The Bertz CT molecular complexity index is 903. The molecule has 4 amide bonds. The van der Waals surface area contributed by atoms with Gasteiger partial charge in [-0.05, 0) is 50.9 Å². The molecular weight excluding hydrogens is 479 g/mol. The van der Waals surface area contributed by atoms with Crippen molar-refractivity contribution in [3.8, 4) is 6.07 Å². The van der Waals surface area contributed by atoms with E-state index in [0.29, 0.717) is 12.8 Å². The Morgan fingerprint density at radius 2 is 1.67 bits per heavy atom. The van der Waals surface area contributed by atoms with Crippen LogP contribution in [0.25, 0.3) is 0 Å². The molecule has 36 heavy (non-hydrogen) atoms. The van der Waals surface area contributed by atoms with E-state index in [1.54, 1.807) is 5.32 Å². The van der Waals surface area contributed by atoms with Crippen LogP contribution in [0.2, 0.25) is 0 Å². The summed E-state index contributed by atoms with van der Waals surface area (Å²) in [5.41, 5.74) is -1.42. The molecule has 1 saturated carbocycles. The summed E-state index contributed by atoms with van der Waals surface area (Å²) < 4.78 is 38.4. The van der Waals surface area contributed by atoms with Gasteiger partial charge >= 0.3 is 12.1 Å². The van der Waals surface area contributed by atoms with E-state index in [0.717, 1.165) is 12.8 Å². The topological polar surface area (TPSA) is 140 Å². The summed E-state index contributed by atoms with van der Waals surface area (Å²) in [6, 6.07) is -1.67. The Morgan fingerprint density at radius 1 is 1.06 bits per heavy atom. The fourth-order valence-electron chi connectivity index (χ4n) is 4.15. The third kappa shape index (κ3) is 8.68. The molecule has 4 N–H and O–H groups in total. The zero-order valence-electron chi connectivity index (χ0n) is 21.3. The smallest absolute Gasteiger partial charge is 0.351 e. The molecule has 1 heterocycles. The van der Waals surface area contributed by atoms with E-state index >= 15 is 0 Å². The van der Waals surface area contributed by atoms with E-state index in [4.69, 9.17) is 0 Å². The molecule has 1 unspecified atom stereocenters. The number of amides is 4. The van der Waals surface area contributed by atoms with Gasteiger partial charge in [-0.15, -0.1) is 0 Å². The number of hydrogen-bond donors (Lipinski definition) is 4. The molecule has 0 aromatic carbocycles. The van der Waals surface area contributed by atoms with Crippen molar-refractivity contribution in [3.05, 3.63) is 0 Å². The molecule has 12 heteroatoms. The van der Waals surface area contributed by atoms with E-state index in [1.165, 1.54) is 20.8 Å². The first-order valence-corrected chi connectivity index (χ1v) is 12.1. The molecule has 2 rings (SSSR count). The van der Waals surface area contributed by atoms with Crippen molar-refractivity contribution in [2.75, 3.05) is 0 Å². The fourth-order valence-corrected chi connectivity index (χ4v) is 4.15. The van der Waals surface area contributed by atoms with Crippen LogP contribution in [0.4, 0.5) is 13.2 Å². The van der Waals surface area contributed by atoms with E-state index in [2.05, 4.69) is 16.0 Å². The van der Waals surface area contributed by atoms with Crippen LogP contribution in [0.15, 0.2) is 0 Å². The third-order valence-corrected chi connectivity index (χ3v) is 6.50. The molecule has 0 aromatic heterocycles. The van der Waals surface area contributed by atoms with Crippen molar-refractivity contribution in [1.82, 2.24) is 21.3 Å². The molecule has 9 nitrogen and oxygen atoms in total. The normalized spacial score (nSPS) is 22.3. The van der Waals surface area contributed by atoms with Gasteiger partial charge in [-0.1, -0.05) is 33.6 Å². The first-order valence-electron chi connectivity index (χ1n) is 12.1. The van der Waals surface area contributed by atoms with Gasteiger partial charge in [0.15, 0.2) is 0 Å². The lowest BCUT2D eigenvalue weighted by Crippen LogP contribution is -2.60. The molecule has 202 valence electrons. The Kier molecular flexibility index (Phi) is 9.02. The number of nitrogens with one attached hydrogen (secondary N) is 4. The number of alkyl halides is 3. The molecule has 0 radical (unpaired) electrons. The van der Waals surface area contributed by atoms with E-state index in [1.807, 2.05) is 19.9 Å². The van der Waals surface area contributed by atoms with Crippen molar-refractivity contribution in [3.63, 3.8) is 0 Å². The Hall–Kier alpha value is -2.84. The summed E-state index contributed by atoms with van der Waals surface area (Å²) >= 11 is 0. The Labute approximate surface area is 209 Å². The summed E-state index contributed by atoms with van der Waals surface area (Å²) in [5, 5.41) is 19.3. The van der Waals surface area contributed by atoms with Crippen LogP contribution in [0.5, 0.6) is 0 Å². The van der Waals surface area contributed by atoms with E-state index in [9.17, 15) is 37.6 Å². The second-order valence-electron chi connectivity index (χ2n) is 11.5. The van der Waals surface area contributed by atoms with Gasteiger partial charge in [0.1, 0.15) is 18.1 Å². The van der Waals surface area contributed by atoms with E-state index < -0.39 is 53.4 Å². The number of rotatable bonds is 9. The predicted octanol–water partition coefficient (Wildman–Crippen LogP) is 2.07. The van der Waals surface area contributed by atoms with Gasteiger partial charge in [0.2, 0.25) is 17.7 Å². The number of piperidine rings is 1. The minimum Gasteiger partial charge on any atom is -0.351 e. The highest BCUT2D eigenvalue weighted by atomic mass is 19.4. The quantitative estimate of drug-likeness (QED) is 0.372. The number of hydrogen-bond acceptors (Lipinski definition) is 5. The van der Waals surface area contributed by atoms with Crippen LogP contribution in [0.3, 0.4) is 0 Å². The van der Waals surface area contributed by atoms with Crippen LogP contribution in [0, 0.1) is 28.6 Å². The second kappa shape index (κ2) is 11.0. The number of halogens is 3. The van der Waals surface area contributed by atoms with Crippen LogP contribution in [-0.4, -0.2) is 53.5 Å². The van der Waals surface area contributed by atoms with Crippen molar-refractivity contribution >= 4 is 23.6 Å². The predicted molar refractivity (Wildman–Crippen MR) is 124 cm³/mol. The maximum absolute atomic E-state index is 13.0. The summed E-state index contributed by atoms with van der Waals surface area (Å²) in [6.45, 7) is 8.28. The van der Waals surface area contributed by atoms with Crippen LogP contribution >= 0.6 is 0 Å². The molecule has 0 aromatic rings. The Balaban J connectivity index is 2.09. The average Bonchev–Trinajstić information content (AvgIpc) is 3.54. The van der Waals surface area contributed by atoms with Crippen LogP contribution in [0.1, 0.15) is 73.1 Å². The SMILES string of the molecule is CC1(C)CC[C@@H](C[C@@H](C#N)NC(=O)[C@H](CC2CC2)NC(=O)C(NC(=O)C(F)(F)F)C(C)(C)C)C(=O)N1. The first-order chi connectivity index (χ1) is 16.4. The first kappa shape index (κ1) is 29.4. The van der Waals surface area contributed by atoms with Gasteiger partial charge in [-0.2, -0.15) is 18.4 Å². The minimum atomic E-state index is -5.17. The number of carbonyl (C=O) groups is 4. The molecule has 4 atom stereocenters. The molecule has 2 aliphatic rings. The largest absolute Gasteiger partial charge is 0.471 e. The van der Waals surface area contributed by atoms with Crippen molar-refractivity contribution in [2.24, 2.45) is 17.3 Å². The monoisotopic (exact) mass is 515 g/mol. The second-order valence-corrected chi connectivity index (χ2v) is 11.5. The van der Waals surface area contributed by atoms with Gasteiger partial charge in [0, 0.05) is 11.5 Å². The van der Waals surface area contributed by atoms with Gasteiger partial charge in [-0.3, -0.25) is 19.2 Å². The lowest BCUT2D eigenvalue weighted by molar-refractivity contribution is -0.175. The van der Waals surface area contributed by atoms with Gasteiger partial charge in [0.25, 0.3) is 0 Å². The number of nitriles is 1. The van der Waals surface area contributed by atoms with Crippen molar-refractivity contribution in [1.29, 1.82) is 5.26 Å². The van der Waals surface area contributed by atoms with Gasteiger partial charge in [-0.25, -0.2) is 0 Å². The molecule has 1 aliphatic heterocycles. The lowest BCUT2D eigenvalue weighted by Gasteiger charge is -2.35. The highest BCUT2D eigenvalue weighted by molar-refractivity contribution is 5.93. The highest BCUT2D eigenvalue weighted by Gasteiger charge is 2.44. The lowest BCUT2D eigenvalue weighted by atomic mass is 9.83. The molecule has 1 aliphatic carbocycles. The van der Waals surface area contributed by atoms with Crippen LogP contribution in [-0.2, 0) is 19.2 Å². The molecular formula is C24H36F3N5O4. The van der Waals surface area contributed by atoms with Gasteiger partial charge in [0.05, 0.1) is 6.07 Å². The highest BCUT2D eigenvalue weighted by Crippen LogP contribution is 2.34. The van der Waals surface area contributed by atoms with Crippen molar-refractivity contribution < 1.29 is 32.3 Å². The molecule has 0 bridgehead atoms. The third-order valence-electron chi connectivity index (χ3n) is 6.50. The molecule has 1 saturated heterocycles. The van der Waals surface area contributed by atoms with Crippen LogP contribution < -0.4 is 21.3 Å². The number of nitrogens with zero attached hydrogens (tertiary/aromatic N) is 1. The minimum absolute atomic E-state index is 0.0977. The summed E-state index contributed by atoms with van der Waals surface area (Å²) in [6.07, 6.45) is -1.87. The standard InChI is InChI=1S/C24H36F3N5O4/c1-22(2,3)17(31-21(36)24(25,26)27)20(35)30-16(10-13-6-7-13)19(34)29-15(12-28)11-14-8-9-23(4,5)32-18(14)33/h13-17H,6-11H2,1-5H3,(H,29,34)(H,30,35)(H,31,36)(H,32,33)/t14-,15-,16-,17?/m0/s1. The van der Waals surface area contributed by atoms with Crippen molar-refractivity contribution in [2.45, 2.75) is 103 Å². The number of carbonyl (C=O) groups excluding carboxylic acids is 4. The van der Waals surface area contributed by atoms with Gasteiger partial charge < -0.3 is 21.3 Å². The average molecular weight is 516 g/mol. The molecule has 0 spiro atoms. The van der Waals surface area contributed by atoms with E-state index in [-0.39, 0.29) is 30.2 Å². The summed E-state index contributed by atoms with van der Waals surface area (Å²) in [5.74, 6) is -4.33. The Morgan fingerprint density at radius 3 is 2.14 bits per heavy atom. The zero-order chi connectivity index (χ0) is 27.5. The maximum Gasteiger partial charge on any atom is 0.471 e. The maximum atomic E-state index is 13.0. The fraction of sp³-hybridized carbons (Fsp3) is 0.792.